The van der Waals surface area contributed by atoms with E-state index >= 15 is 0 Å². The molecule has 3 rings (SSSR count). The third-order valence-corrected chi connectivity index (χ3v) is 5.32. The van der Waals surface area contributed by atoms with Gasteiger partial charge in [-0.25, -0.2) is 4.79 Å². The molecule has 0 spiro atoms. The number of urea groups is 1. The van der Waals surface area contributed by atoms with Crippen molar-refractivity contribution < 1.29 is 13.4 Å². The molecule has 1 aromatic heterocycles. The van der Waals surface area contributed by atoms with E-state index in [0.717, 1.165) is 16.5 Å². The molecule has 0 aliphatic carbocycles. The van der Waals surface area contributed by atoms with Gasteiger partial charge in [0.05, 0.1) is 6.04 Å². The summed E-state index contributed by atoms with van der Waals surface area (Å²) in [4.78, 5) is 12.0. The van der Waals surface area contributed by atoms with Gasteiger partial charge in [0.15, 0.2) is 0 Å². The van der Waals surface area contributed by atoms with Gasteiger partial charge in [0.25, 0.3) is 0 Å². The molecule has 2 unspecified atom stereocenters. The Bertz CT molecular complexity index is 859. The van der Waals surface area contributed by atoms with Crippen LogP contribution in [0.4, 0.5) is 4.79 Å². The highest BCUT2D eigenvalue weighted by Crippen LogP contribution is 2.23. The molecule has 2 amide bonds. The molecule has 0 bridgehead atoms. The Morgan fingerprint density at radius 3 is 2.62 bits per heavy atom. The summed E-state index contributed by atoms with van der Waals surface area (Å²) in [5.74, 6) is 1.62. The molecule has 0 saturated carbocycles. The van der Waals surface area contributed by atoms with Gasteiger partial charge >= 0.3 is 6.03 Å². The number of hydrogen-bond donors (Lipinski definition) is 2. The van der Waals surface area contributed by atoms with Gasteiger partial charge in [-0.1, -0.05) is 48.5 Å². The third-order valence-electron chi connectivity index (χ3n) is 4.00. The van der Waals surface area contributed by atoms with Crippen molar-refractivity contribution in [3.63, 3.8) is 0 Å². The van der Waals surface area contributed by atoms with E-state index in [1.807, 2.05) is 67.6 Å². The first-order chi connectivity index (χ1) is 12.6. The van der Waals surface area contributed by atoms with E-state index in [1.165, 1.54) is 0 Å². The lowest BCUT2D eigenvalue weighted by Crippen LogP contribution is -2.38. The standard InChI is InChI=1S/C20H22N2O3S/c1-15(19-13-17-9-5-6-10-18(17)25-19)22-20(23)21-11-12-26(24)14-16-7-3-2-4-8-16/h2-10,13,15H,11-12,14H2,1H3,(H2,21,22,23). The Morgan fingerprint density at radius 2 is 1.85 bits per heavy atom. The number of amides is 2. The minimum Gasteiger partial charge on any atom is -0.459 e. The first kappa shape index (κ1) is 18.2. The number of rotatable bonds is 7. The number of carbonyl (C=O) groups excluding carboxylic acids is 1. The Morgan fingerprint density at radius 1 is 1.12 bits per heavy atom. The van der Waals surface area contributed by atoms with Crippen LogP contribution in [-0.4, -0.2) is 22.5 Å². The lowest BCUT2D eigenvalue weighted by atomic mass is 10.2. The summed E-state index contributed by atoms with van der Waals surface area (Å²) in [6.07, 6.45) is 0. The number of nitrogens with one attached hydrogen (secondary N) is 2. The van der Waals surface area contributed by atoms with Crippen LogP contribution in [0.1, 0.15) is 24.3 Å². The second-order valence-electron chi connectivity index (χ2n) is 6.08. The Labute approximate surface area is 155 Å². The monoisotopic (exact) mass is 370 g/mol. The highest BCUT2D eigenvalue weighted by atomic mass is 32.2. The molecule has 2 N–H and O–H groups in total. The maximum absolute atomic E-state index is 12.1. The first-order valence-corrected chi connectivity index (χ1v) is 10.0. The van der Waals surface area contributed by atoms with Crippen molar-refractivity contribution >= 4 is 27.8 Å². The number of hydrogen-bond acceptors (Lipinski definition) is 3. The summed E-state index contributed by atoms with van der Waals surface area (Å²) in [6, 6.07) is 18.8. The van der Waals surface area contributed by atoms with Crippen LogP contribution in [0, 0.1) is 0 Å². The SMILES string of the molecule is CC(NC(=O)NCCS(=O)Cc1ccccc1)c1cc2ccccc2o1. The summed E-state index contributed by atoms with van der Waals surface area (Å²) in [5, 5.41) is 6.59. The van der Waals surface area contributed by atoms with Crippen LogP contribution < -0.4 is 10.6 Å². The molecule has 0 aliphatic heterocycles. The van der Waals surface area contributed by atoms with E-state index in [9.17, 15) is 9.00 Å². The zero-order valence-electron chi connectivity index (χ0n) is 14.6. The van der Waals surface area contributed by atoms with Gasteiger partial charge in [0.1, 0.15) is 11.3 Å². The zero-order chi connectivity index (χ0) is 18.4. The maximum atomic E-state index is 12.1. The minimum atomic E-state index is -1.01. The smallest absolute Gasteiger partial charge is 0.315 e. The predicted octanol–water partition coefficient (Wildman–Crippen LogP) is 3.74. The number of para-hydroxylation sites is 1. The highest BCUT2D eigenvalue weighted by Gasteiger charge is 2.14. The first-order valence-electron chi connectivity index (χ1n) is 8.53. The van der Waals surface area contributed by atoms with Crippen LogP contribution >= 0.6 is 0 Å². The van der Waals surface area contributed by atoms with Gasteiger partial charge in [-0.3, -0.25) is 4.21 Å². The van der Waals surface area contributed by atoms with Crippen LogP contribution in [0.5, 0.6) is 0 Å². The Hall–Kier alpha value is -2.60. The van der Waals surface area contributed by atoms with E-state index < -0.39 is 10.8 Å². The fraction of sp³-hybridized carbons (Fsp3) is 0.250. The Balaban J connectivity index is 1.42. The van der Waals surface area contributed by atoms with Crippen molar-refractivity contribution in [2.75, 3.05) is 12.3 Å². The molecule has 6 heteroatoms. The van der Waals surface area contributed by atoms with Gasteiger partial charge < -0.3 is 15.1 Å². The minimum absolute atomic E-state index is 0.253. The molecule has 26 heavy (non-hydrogen) atoms. The van der Waals surface area contributed by atoms with Crippen molar-refractivity contribution in [2.24, 2.45) is 0 Å². The summed E-state index contributed by atoms with van der Waals surface area (Å²) < 4.78 is 17.8. The normalized spacial score (nSPS) is 13.3. The highest BCUT2D eigenvalue weighted by molar-refractivity contribution is 7.84. The lowest BCUT2D eigenvalue weighted by molar-refractivity contribution is 0.237. The lowest BCUT2D eigenvalue weighted by Gasteiger charge is -2.12. The largest absolute Gasteiger partial charge is 0.459 e. The molecule has 0 radical (unpaired) electrons. The molecule has 1 heterocycles. The van der Waals surface area contributed by atoms with Crippen molar-refractivity contribution in [1.82, 2.24) is 10.6 Å². The molecule has 0 aliphatic rings. The van der Waals surface area contributed by atoms with Crippen LogP contribution in [0.15, 0.2) is 65.1 Å². The van der Waals surface area contributed by atoms with E-state index in [-0.39, 0.29) is 12.1 Å². The van der Waals surface area contributed by atoms with E-state index in [2.05, 4.69) is 10.6 Å². The van der Waals surface area contributed by atoms with Gasteiger partial charge in [0, 0.05) is 34.2 Å². The van der Waals surface area contributed by atoms with Gasteiger partial charge in [-0.2, -0.15) is 0 Å². The average molecular weight is 370 g/mol. The van der Waals surface area contributed by atoms with E-state index in [1.54, 1.807) is 0 Å². The fourth-order valence-corrected chi connectivity index (χ4v) is 3.68. The van der Waals surface area contributed by atoms with Crippen molar-refractivity contribution in [3.05, 3.63) is 72.0 Å². The fourth-order valence-electron chi connectivity index (χ4n) is 2.65. The van der Waals surface area contributed by atoms with Gasteiger partial charge in [-0.05, 0) is 24.6 Å². The summed E-state index contributed by atoms with van der Waals surface area (Å²) in [6.45, 7) is 2.23. The van der Waals surface area contributed by atoms with Gasteiger partial charge in [-0.15, -0.1) is 0 Å². The molecule has 2 aromatic carbocycles. The quantitative estimate of drug-likeness (QED) is 0.665. The molecule has 2 atom stereocenters. The van der Waals surface area contributed by atoms with Gasteiger partial charge in [0.2, 0.25) is 0 Å². The predicted molar refractivity (Wildman–Crippen MR) is 104 cm³/mol. The topological polar surface area (TPSA) is 71.3 Å². The summed E-state index contributed by atoms with van der Waals surface area (Å²) >= 11 is 0. The average Bonchev–Trinajstić information content (AvgIpc) is 3.07. The third kappa shape index (κ3) is 4.95. The number of benzene rings is 2. The molecule has 0 fully saturated rings. The summed E-state index contributed by atoms with van der Waals surface area (Å²) in [7, 11) is -1.01. The van der Waals surface area contributed by atoms with Crippen molar-refractivity contribution in [2.45, 2.75) is 18.7 Å². The zero-order valence-corrected chi connectivity index (χ0v) is 15.4. The second kappa shape index (κ2) is 8.67. The second-order valence-corrected chi connectivity index (χ2v) is 7.66. The van der Waals surface area contributed by atoms with Crippen LogP contribution in [0.3, 0.4) is 0 Å². The van der Waals surface area contributed by atoms with E-state index in [4.69, 9.17) is 4.42 Å². The van der Waals surface area contributed by atoms with Crippen LogP contribution in [0.2, 0.25) is 0 Å². The maximum Gasteiger partial charge on any atom is 0.315 e. The molecule has 0 saturated heterocycles. The Kier molecular flexibility index (Phi) is 6.07. The van der Waals surface area contributed by atoms with Crippen LogP contribution in [0.25, 0.3) is 11.0 Å². The number of carbonyl (C=O) groups is 1. The molecular formula is C20H22N2O3S. The summed E-state index contributed by atoms with van der Waals surface area (Å²) in [5.41, 5.74) is 1.83. The molecular weight excluding hydrogens is 348 g/mol. The molecule has 5 nitrogen and oxygen atoms in total. The van der Waals surface area contributed by atoms with Crippen LogP contribution in [-0.2, 0) is 16.6 Å². The number of furan rings is 1. The molecule has 136 valence electrons. The number of fused-ring (bicyclic) bond motifs is 1. The van der Waals surface area contributed by atoms with Crippen molar-refractivity contribution in [1.29, 1.82) is 0 Å². The molecule has 3 aromatic rings. The van der Waals surface area contributed by atoms with E-state index in [0.29, 0.717) is 23.8 Å². The van der Waals surface area contributed by atoms with Crippen molar-refractivity contribution in [3.8, 4) is 0 Å².